The highest BCUT2D eigenvalue weighted by Crippen LogP contribution is 2.36. The summed E-state index contributed by atoms with van der Waals surface area (Å²) in [4.78, 5) is 15.0. The van der Waals surface area contributed by atoms with E-state index < -0.39 is 0 Å². The van der Waals surface area contributed by atoms with Crippen LogP contribution >= 0.6 is 0 Å². The number of para-hydroxylation sites is 1. The van der Waals surface area contributed by atoms with Crippen LogP contribution in [-0.2, 0) is 0 Å². The van der Waals surface area contributed by atoms with E-state index in [1.54, 1.807) is 0 Å². The SMILES string of the molecule is c1ccc(-c2ccc(-c3cc(-c4ccc(-c5ccccn5)cc4)cc(-c4nc(-c5ccc(-c6ccccc6)cc5)c5ccccc5n4)c3)cc2)cc1. The van der Waals surface area contributed by atoms with Crippen LogP contribution in [0.25, 0.3) is 89.3 Å². The van der Waals surface area contributed by atoms with Gasteiger partial charge in [-0.3, -0.25) is 4.98 Å². The summed E-state index contributed by atoms with van der Waals surface area (Å²) in [5, 5.41) is 1.02. The fourth-order valence-electron chi connectivity index (χ4n) is 6.82. The summed E-state index contributed by atoms with van der Waals surface area (Å²) < 4.78 is 0. The molecule has 7 aromatic carbocycles. The number of fused-ring (bicyclic) bond motifs is 1. The van der Waals surface area contributed by atoms with Crippen molar-refractivity contribution < 1.29 is 0 Å². The third kappa shape index (κ3) is 6.28. The lowest BCUT2D eigenvalue weighted by Crippen LogP contribution is -1.96. The summed E-state index contributed by atoms with van der Waals surface area (Å²) in [6.07, 6.45) is 1.83. The topological polar surface area (TPSA) is 38.7 Å². The maximum Gasteiger partial charge on any atom is 0.160 e. The number of rotatable bonds is 7. The van der Waals surface area contributed by atoms with Gasteiger partial charge in [-0.05, 0) is 80.9 Å². The highest BCUT2D eigenvalue weighted by Gasteiger charge is 2.15. The fraction of sp³-hybridized carbons (Fsp3) is 0. The molecule has 52 heavy (non-hydrogen) atoms. The summed E-state index contributed by atoms with van der Waals surface area (Å²) in [7, 11) is 0. The van der Waals surface area contributed by atoms with E-state index in [1.165, 1.54) is 22.3 Å². The van der Waals surface area contributed by atoms with Crippen LogP contribution in [0, 0.1) is 0 Å². The normalized spacial score (nSPS) is 11.1. The van der Waals surface area contributed by atoms with Gasteiger partial charge in [0.15, 0.2) is 5.82 Å². The molecule has 0 aliphatic rings. The molecule has 0 radical (unpaired) electrons. The molecule has 0 atom stereocenters. The number of pyridine rings is 1. The number of hydrogen-bond acceptors (Lipinski definition) is 3. The lowest BCUT2D eigenvalue weighted by atomic mass is 9.94. The van der Waals surface area contributed by atoms with Gasteiger partial charge in [0, 0.05) is 28.3 Å². The largest absolute Gasteiger partial charge is 0.256 e. The first-order valence-corrected chi connectivity index (χ1v) is 17.5. The Balaban J connectivity index is 1.17. The molecule has 0 fully saturated rings. The van der Waals surface area contributed by atoms with E-state index in [9.17, 15) is 0 Å². The summed E-state index contributed by atoms with van der Waals surface area (Å²) in [6.45, 7) is 0. The van der Waals surface area contributed by atoms with Crippen LogP contribution in [0.4, 0.5) is 0 Å². The van der Waals surface area contributed by atoms with E-state index in [-0.39, 0.29) is 0 Å². The van der Waals surface area contributed by atoms with Gasteiger partial charge >= 0.3 is 0 Å². The van der Waals surface area contributed by atoms with Crippen molar-refractivity contribution in [2.24, 2.45) is 0 Å². The predicted octanol–water partition coefficient (Wildman–Crippen LogP) is 12.7. The van der Waals surface area contributed by atoms with E-state index in [2.05, 4.69) is 163 Å². The molecule has 0 unspecified atom stereocenters. The van der Waals surface area contributed by atoms with Gasteiger partial charge in [-0.2, -0.15) is 0 Å². The van der Waals surface area contributed by atoms with Gasteiger partial charge in [0.2, 0.25) is 0 Å². The van der Waals surface area contributed by atoms with E-state index >= 15 is 0 Å². The molecule has 3 nitrogen and oxygen atoms in total. The van der Waals surface area contributed by atoms with Crippen LogP contribution < -0.4 is 0 Å². The summed E-state index contributed by atoms with van der Waals surface area (Å²) >= 11 is 0. The second-order valence-electron chi connectivity index (χ2n) is 12.9. The van der Waals surface area contributed by atoms with Crippen molar-refractivity contribution in [3.63, 3.8) is 0 Å². The first-order chi connectivity index (χ1) is 25.7. The summed E-state index contributed by atoms with van der Waals surface area (Å²) in [6, 6.07) is 68.0. The molecule has 0 amide bonds. The molecule has 2 aromatic heterocycles. The molecule has 2 heterocycles. The molecule has 0 saturated heterocycles. The molecular weight excluding hydrogens is 631 g/mol. The van der Waals surface area contributed by atoms with E-state index in [1.807, 2.05) is 42.6 Å². The first kappa shape index (κ1) is 31.0. The molecule has 0 aliphatic heterocycles. The minimum Gasteiger partial charge on any atom is -0.256 e. The Morgan fingerprint density at radius 3 is 1.29 bits per heavy atom. The standard InChI is InChI=1S/C49H33N3/c1-3-11-34(12-4-1)36-18-20-38(21-19-36)42-31-43(39-22-26-40(27-23-39)46-16-9-10-30-50-46)33-44(32-42)49-51-47-17-8-7-15-45(47)48(52-49)41-28-24-37(25-29-41)35-13-5-2-6-14-35/h1-33H. The van der Waals surface area contributed by atoms with Crippen LogP contribution in [-0.4, -0.2) is 15.0 Å². The Kier molecular flexibility index (Phi) is 8.20. The number of hydrogen-bond donors (Lipinski definition) is 0. The average Bonchev–Trinajstić information content (AvgIpc) is 3.24. The van der Waals surface area contributed by atoms with Crippen LogP contribution in [0.1, 0.15) is 0 Å². The number of benzene rings is 7. The van der Waals surface area contributed by atoms with Gasteiger partial charge < -0.3 is 0 Å². The van der Waals surface area contributed by atoms with Crippen LogP contribution in [0.3, 0.4) is 0 Å². The molecule has 0 bridgehead atoms. The van der Waals surface area contributed by atoms with Gasteiger partial charge in [-0.25, -0.2) is 9.97 Å². The number of aromatic nitrogens is 3. The van der Waals surface area contributed by atoms with Crippen molar-refractivity contribution in [1.29, 1.82) is 0 Å². The van der Waals surface area contributed by atoms with Crippen molar-refractivity contribution in [3.05, 3.63) is 200 Å². The highest BCUT2D eigenvalue weighted by molar-refractivity contribution is 5.94. The maximum absolute atomic E-state index is 5.30. The monoisotopic (exact) mass is 663 g/mol. The minimum atomic E-state index is 0.690. The Labute approximate surface area is 303 Å². The lowest BCUT2D eigenvalue weighted by molar-refractivity contribution is 1.23. The van der Waals surface area contributed by atoms with Crippen molar-refractivity contribution in [3.8, 4) is 78.4 Å². The van der Waals surface area contributed by atoms with E-state index in [0.717, 1.165) is 61.2 Å². The van der Waals surface area contributed by atoms with Crippen LogP contribution in [0.5, 0.6) is 0 Å². The van der Waals surface area contributed by atoms with Crippen molar-refractivity contribution in [2.45, 2.75) is 0 Å². The zero-order valence-corrected chi connectivity index (χ0v) is 28.4. The van der Waals surface area contributed by atoms with Gasteiger partial charge in [-0.15, -0.1) is 0 Å². The second-order valence-corrected chi connectivity index (χ2v) is 12.9. The van der Waals surface area contributed by atoms with Gasteiger partial charge in [0.25, 0.3) is 0 Å². The quantitative estimate of drug-likeness (QED) is 0.170. The zero-order chi connectivity index (χ0) is 34.7. The molecular formula is C49H33N3. The van der Waals surface area contributed by atoms with Gasteiger partial charge in [0.05, 0.1) is 16.9 Å². The average molecular weight is 664 g/mol. The Morgan fingerprint density at radius 2 is 0.731 bits per heavy atom. The lowest BCUT2D eigenvalue weighted by Gasteiger charge is -2.14. The predicted molar refractivity (Wildman–Crippen MR) is 215 cm³/mol. The van der Waals surface area contributed by atoms with Crippen molar-refractivity contribution in [1.82, 2.24) is 15.0 Å². The zero-order valence-electron chi connectivity index (χ0n) is 28.4. The molecule has 0 N–H and O–H groups in total. The molecule has 244 valence electrons. The fourth-order valence-corrected chi connectivity index (χ4v) is 6.82. The number of nitrogens with zero attached hydrogens (tertiary/aromatic N) is 3. The minimum absolute atomic E-state index is 0.690. The van der Waals surface area contributed by atoms with Crippen LogP contribution in [0.15, 0.2) is 200 Å². The van der Waals surface area contributed by atoms with E-state index in [0.29, 0.717) is 5.82 Å². The molecule has 0 spiro atoms. The summed E-state index contributed by atoms with van der Waals surface area (Å²) in [5.41, 5.74) is 15.1. The Morgan fingerprint density at radius 1 is 0.288 bits per heavy atom. The highest BCUT2D eigenvalue weighted by atomic mass is 14.9. The third-order valence-corrected chi connectivity index (χ3v) is 9.56. The van der Waals surface area contributed by atoms with E-state index in [4.69, 9.17) is 9.97 Å². The van der Waals surface area contributed by atoms with Gasteiger partial charge in [-0.1, -0.05) is 158 Å². The Hall–Kier alpha value is -6.97. The maximum atomic E-state index is 5.30. The van der Waals surface area contributed by atoms with Crippen molar-refractivity contribution >= 4 is 10.9 Å². The third-order valence-electron chi connectivity index (χ3n) is 9.56. The molecule has 9 aromatic rings. The molecule has 9 rings (SSSR count). The second kappa shape index (κ2) is 13.7. The smallest absolute Gasteiger partial charge is 0.160 e. The Bertz CT molecular complexity index is 2520. The first-order valence-electron chi connectivity index (χ1n) is 17.5. The van der Waals surface area contributed by atoms with Crippen molar-refractivity contribution in [2.75, 3.05) is 0 Å². The molecule has 0 aliphatic carbocycles. The molecule has 3 heteroatoms. The van der Waals surface area contributed by atoms with Crippen LogP contribution in [0.2, 0.25) is 0 Å². The molecule has 0 saturated carbocycles. The summed E-state index contributed by atoms with van der Waals surface area (Å²) in [5.74, 6) is 0.690. The van der Waals surface area contributed by atoms with Gasteiger partial charge in [0.1, 0.15) is 0 Å².